The van der Waals surface area contributed by atoms with E-state index < -0.39 is 0 Å². The summed E-state index contributed by atoms with van der Waals surface area (Å²) in [5, 5.41) is 0. The predicted molar refractivity (Wildman–Crippen MR) is 209 cm³/mol. The van der Waals surface area contributed by atoms with Gasteiger partial charge in [-0.25, -0.2) is 19.9 Å². The van der Waals surface area contributed by atoms with E-state index in [0.717, 1.165) is 72.9 Å². The fraction of sp³-hybridized carbons (Fsp3) is 0.0217. The average molecular weight is 669 g/mol. The van der Waals surface area contributed by atoms with E-state index in [1.54, 1.807) is 0 Å². The van der Waals surface area contributed by atoms with Crippen molar-refractivity contribution in [3.8, 4) is 79.1 Å². The lowest BCUT2D eigenvalue weighted by molar-refractivity contribution is 1.07. The number of aryl methyl sites for hydroxylation is 1. The molecule has 52 heavy (non-hydrogen) atoms. The van der Waals surface area contributed by atoms with Gasteiger partial charge in [-0.2, -0.15) is 0 Å². The molecule has 0 aliphatic heterocycles. The number of imidazole rings is 1. The third kappa shape index (κ3) is 6.03. The van der Waals surface area contributed by atoms with Crippen molar-refractivity contribution >= 4 is 5.65 Å². The number of pyridine rings is 2. The number of aromatic nitrogens is 6. The standard InChI is InChI=1S/C46H32N6/c1-31-14-13-21-40(47-31)38-28-37(29-39(30-38)46-50-44(35-17-7-3-8-18-35)49-45(51-46)36-19-9-4-10-20-36)32-23-25-34(26-24-32)43-42(33-15-5-2-6-16-33)48-41-22-11-12-27-52(41)43/h2-30H,1H3. The molecule has 0 N–H and O–H groups in total. The van der Waals surface area contributed by atoms with Crippen molar-refractivity contribution in [2.75, 3.05) is 0 Å². The summed E-state index contributed by atoms with van der Waals surface area (Å²) in [6.45, 7) is 2.01. The summed E-state index contributed by atoms with van der Waals surface area (Å²) in [4.78, 5) is 24.9. The predicted octanol–water partition coefficient (Wildman–Crippen LogP) is 10.9. The second-order valence-electron chi connectivity index (χ2n) is 12.7. The highest BCUT2D eigenvalue weighted by Crippen LogP contribution is 2.36. The molecule has 0 aliphatic rings. The molecule has 0 spiro atoms. The van der Waals surface area contributed by atoms with Gasteiger partial charge in [-0.15, -0.1) is 0 Å². The summed E-state index contributed by atoms with van der Waals surface area (Å²) < 4.78 is 2.16. The molecule has 4 heterocycles. The monoisotopic (exact) mass is 668 g/mol. The lowest BCUT2D eigenvalue weighted by Crippen LogP contribution is -2.00. The van der Waals surface area contributed by atoms with Crippen LogP contribution >= 0.6 is 0 Å². The molecule has 0 bridgehead atoms. The van der Waals surface area contributed by atoms with Gasteiger partial charge in [0, 0.05) is 45.3 Å². The van der Waals surface area contributed by atoms with Crippen LogP contribution < -0.4 is 0 Å². The Morgan fingerprint density at radius 1 is 0.365 bits per heavy atom. The van der Waals surface area contributed by atoms with E-state index in [0.29, 0.717) is 17.5 Å². The van der Waals surface area contributed by atoms with Crippen LogP contribution in [0, 0.1) is 6.92 Å². The van der Waals surface area contributed by atoms with E-state index in [9.17, 15) is 0 Å². The Morgan fingerprint density at radius 3 is 1.54 bits per heavy atom. The molecular formula is C46H32N6. The molecule has 0 aliphatic carbocycles. The van der Waals surface area contributed by atoms with Crippen molar-refractivity contribution in [1.29, 1.82) is 0 Å². The maximum atomic E-state index is 5.05. The Bertz CT molecular complexity index is 2610. The summed E-state index contributed by atoms with van der Waals surface area (Å²) in [5.74, 6) is 1.84. The molecule has 0 saturated carbocycles. The number of nitrogens with zero attached hydrogens (tertiary/aromatic N) is 6. The van der Waals surface area contributed by atoms with Gasteiger partial charge in [-0.05, 0) is 60.5 Å². The molecule has 0 atom stereocenters. The molecule has 9 rings (SSSR count). The van der Waals surface area contributed by atoms with Crippen molar-refractivity contribution in [2.24, 2.45) is 0 Å². The number of rotatable bonds is 7. The molecule has 0 unspecified atom stereocenters. The van der Waals surface area contributed by atoms with Crippen molar-refractivity contribution in [2.45, 2.75) is 6.92 Å². The topological polar surface area (TPSA) is 68.9 Å². The van der Waals surface area contributed by atoms with Gasteiger partial charge >= 0.3 is 0 Å². The minimum Gasteiger partial charge on any atom is -0.299 e. The van der Waals surface area contributed by atoms with Crippen molar-refractivity contribution in [3.05, 3.63) is 182 Å². The summed E-state index contributed by atoms with van der Waals surface area (Å²) in [6, 6.07) is 57.9. The van der Waals surface area contributed by atoms with Crippen LogP contribution in [0.4, 0.5) is 0 Å². The van der Waals surface area contributed by atoms with E-state index >= 15 is 0 Å². The second-order valence-corrected chi connectivity index (χ2v) is 12.7. The quantitative estimate of drug-likeness (QED) is 0.169. The molecule has 246 valence electrons. The van der Waals surface area contributed by atoms with Crippen molar-refractivity contribution in [1.82, 2.24) is 29.3 Å². The van der Waals surface area contributed by atoms with Gasteiger partial charge in [0.25, 0.3) is 0 Å². The van der Waals surface area contributed by atoms with E-state index in [1.165, 1.54) is 0 Å². The first-order valence-electron chi connectivity index (χ1n) is 17.3. The van der Waals surface area contributed by atoms with Crippen LogP contribution in [0.25, 0.3) is 84.7 Å². The van der Waals surface area contributed by atoms with Crippen LogP contribution in [0.15, 0.2) is 176 Å². The first-order valence-corrected chi connectivity index (χ1v) is 17.3. The lowest BCUT2D eigenvalue weighted by atomic mass is 9.96. The second kappa shape index (κ2) is 13.3. The molecule has 5 aromatic carbocycles. The van der Waals surface area contributed by atoms with E-state index in [4.69, 9.17) is 24.9 Å². The average Bonchev–Trinajstić information content (AvgIpc) is 3.61. The van der Waals surface area contributed by atoms with Gasteiger partial charge in [-0.1, -0.05) is 127 Å². The van der Waals surface area contributed by atoms with Gasteiger partial charge in [0.2, 0.25) is 0 Å². The third-order valence-corrected chi connectivity index (χ3v) is 9.14. The first-order chi connectivity index (χ1) is 25.7. The molecular weight excluding hydrogens is 637 g/mol. The number of benzene rings is 5. The van der Waals surface area contributed by atoms with Gasteiger partial charge < -0.3 is 0 Å². The summed E-state index contributed by atoms with van der Waals surface area (Å²) in [5.41, 5.74) is 12.7. The van der Waals surface area contributed by atoms with E-state index in [1.807, 2.05) is 110 Å². The summed E-state index contributed by atoms with van der Waals surface area (Å²) >= 11 is 0. The Labute approximate surface area is 301 Å². The fourth-order valence-corrected chi connectivity index (χ4v) is 6.60. The van der Waals surface area contributed by atoms with Gasteiger partial charge in [0.05, 0.1) is 17.1 Å². The number of hydrogen-bond acceptors (Lipinski definition) is 5. The molecule has 0 amide bonds. The highest BCUT2D eigenvalue weighted by atomic mass is 15.0. The highest BCUT2D eigenvalue weighted by molar-refractivity contribution is 5.84. The van der Waals surface area contributed by atoms with Crippen LogP contribution in [0.3, 0.4) is 0 Å². The molecule has 0 fully saturated rings. The molecule has 6 heteroatoms. The Hall–Kier alpha value is -7.05. The van der Waals surface area contributed by atoms with Crippen LogP contribution in [0.5, 0.6) is 0 Å². The zero-order valence-electron chi connectivity index (χ0n) is 28.4. The molecule has 0 radical (unpaired) electrons. The van der Waals surface area contributed by atoms with E-state index in [-0.39, 0.29) is 0 Å². The highest BCUT2D eigenvalue weighted by Gasteiger charge is 2.18. The van der Waals surface area contributed by atoms with Gasteiger partial charge in [0.1, 0.15) is 5.65 Å². The Kier molecular flexibility index (Phi) is 7.95. The fourth-order valence-electron chi connectivity index (χ4n) is 6.60. The van der Waals surface area contributed by atoms with E-state index in [2.05, 4.69) is 77.3 Å². The Morgan fingerprint density at radius 2 is 0.904 bits per heavy atom. The van der Waals surface area contributed by atoms with Crippen LogP contribution in [0.1, 0.15) is 5.69 Å². The van der Waals surface area contributed by atoms with Gasteiger partial charge in [-0.3, -0.25) is 9.38 Å². The van der Waals surface area contributed by atoms with Crippen LogP contribution in [-0.4, -0.2) is 29.3 Å². The lowest BCUT2D eigenvalue weighted by Gasteiger charge is -2.13. The number of hydrogen-bond donors (Lipinski definition) is 0. The zero-order valence-corrected chi connectivity index (χ0v) is 28.4. The Balaban J connectivity index is 1.20. The smallest absolute Gasteiger partial charge is 0.164 e. The molecule has 4 aromatic heterocycles. The van der Waals surface area contributed by atoms with Crippen molar-refractivity contribution < 1.29 is 0 Å². The zero-order chi connectivity index (χ0) is 34.9. The molecule has 6 nitrogen and oxygen atoms in total. The van der Waals surface area contributed by atoms with Gasteiger partial charge in [0.15, 0.2) is 17.5 Å². The maximum Gasteiger partial charge on any atom is 0.164 e. The first kappa shape index (κ1) is 31.0. The summed E-state index contributed by atoms with van der Waals surface area (Å²) in [7, 11) is 0. The third-order valence-electron chi connectivity index (χ3n) is 9.14. The SMILES string of the molecule is Cc1cccc(-c2cc(-c3ccc(-c4c(-c5ccccc5)nc5ccccn45)cc3)cc(-c3nc(-c4ccccc4)nc(-c4ccccc4)n3)c2)n1. The normalized spacial score (nSPS) is 11.2. The molecule has 9 aromatic rings. The maximum absolute atomic E-state index is 5.05. The minimum atomic E-state index is 0.596. The summed E-state index contributed by atoms with van der Waals surface area (Å²) in [6.07, 6.45) is 2.07. The number of fused-ring (bicyclic) bond motifs is 1. The van der Waals surface area contributed by atoms with Crippen LogP contribution in [-0.2, 0) is 0 Å². The van der Waals surface area contributed by atoms with Crippen LogP contribution in [0.2, 0.25) is 0 Å². The molecule has 0 saturated heterocycles. The largest absolute Gasteiger partial charge is 0.299 e. The van der Waals surface area contributed by atoms with Crippen molar-refractivity contribution in [3.63, 3.8) is 0 Å². The minimum absolute atomic E-state index is 0.596.